The van der Waals surface area contributed by atoms with Crippen molar-refractivity contribution in [3.63, 3.8) is 0 Å². The van der Waals surface area contributed by atoms with E-state index in [-0.39, 0.29) is 23.9 Å². The van der Waals surface area contributed by atoms with Crippen LogP contribution in [0.3, 0.4) is 0 Å². The zero-order valence-electron chi connectivity index (χ0n) is 19.6. The minimum atomic E-state index is -4.34. The standard InChI is InChI=1S/C22H28F5N5O3S/c1-13-3-2-4-16(13)32-18-14(11-17(19(32)33)35-20(23)24)12-28-21(30-18)29-15-5-8-31(9-6-15)36(34)10-7-22(25,26)27/h11-13,15-16,20H,2-10H2,1H3,(H,28,29,30)/t13-,16+,36?/m0/s1. The molecule has 1 saturated heterocycles. The molecule has 0 radical (unpaired) electrons. The summed E-state index contributed by atoms with van der Waals surface area (Å²) in [7, 11) is -1.70. The zero-order chi connectivity index (χ0) is 26.0. The van der Waals surface area contributed by atoms with Gasteiger partial charge < -0.3 is 10.1 Å². The Kier molecular flexibility index (Phi) is 8.12. The molecule has 1 aliphatic carbocycles. The van der Waals surface area contributed by atoms with Gasteiger partial charge in [-0.1, -0.05) is 13.3 Å². The van der Waals surface area contributed by atoms with Gasteiger partial charge in [0, 0.05) is 42.5 Å². The van der Waals surface area contributed by atoms with Crippen LogP contribution in [0.15, 0.2) is 17.1 Å². The van der Waals surface area contributed by atoms with Crippen LogP contribution in [0.2, 0.25) is 0 Å². The Hall–Kier alpha value is -2.35. The summed E-state index contributed by atoms with van der Waals surface area (Å²) in [5.74, 6) is -0.502. The zero-order valence-corrected chi connectivity index (χ0v) is 20.5. The molecule has 4 rings (SSSR count). The first-order valence-electron chi connectivity index (χ1n) is 11.9. The Balaban J connectivity index is 1.51. The molecule has 0 amide bonds. The molecule has 1 saturated carbocycles. The fraction of sp³-hybridized carbons (Fsp3) is 0.682. The highest BCUT2D eigenvalue weighted by Crippen LogP contribution is 2.36. The van der Waals surface area contributed by atoms with E-state index in [9.17, 15) is 31.0 Å². The molecule has 14 heteroatoms. The van der Waals surface area contributed by atoms with Crippen molar-refractivity contribution >= 4 is 28.0 Å². The number of alkyl halides is 5. The second kappa shape index (κ2) is 11.0. The summed E-state index contributed by atoms with van der Waals surface area (Å²) >= 11 is 0. The smallest absolute Gasteiger partial charge is 0.390 e. The van der Waals surface area contributed by atoms with E-state index in [4.69, 9.17) is 0 Å². The normalized spacial score (nSPS) is 22.9. The van der Waals surface area contributed by atoms with Gasteiger partial charge in [0.1, 0.15) is 5.65 Å². The number of hydrogen-bond donors (Lipinski definition) is 1. The van der Waals surface area contributed by atoms with E-state index in [1.807, 2.05) is 6.92 Å². The van der Waals surface area contributed by atoms with E-state index in [1.54, 1.807) is 0 Å². The number of fused-ring (bicyclic) bond motifs is 1. The number of rotatable bonds is 8. The molecule has 36 heavy (non-hydrogen) atoms. The van der Waals surface area contributed by atoms with Crippen LogP contribution in [-0.4, -0.2) is 60.7 Å². The second-order valence-electron chi connectivity index (χ2n) is 9.25. The van der Waals surface area contributed by atoms with E-state index in [2.05, 4.69) is 20.0 Å². The van der Waals surface area contributed by atoms with Crippen LogP contribution in [0.25, 0.3) is 11.0 Å². The lowest BCUT2D eigenvalue weighted by Crippen LogP contribution is -2.41. The summed E-state index contributed by atoms with van der Waals surface area (Å²) in [5.41, 5.74) is -0.343. The van der Waals surface area contributed by atoms with Gasteiger partial charge in [-0.2, -0.15) is 26.9 Å². The Labute approximate surface area is 206 Å². The topological polar surface area (TPSA) is 89.4 Å². The minimum Gasteiger partial charge on any atom is -0.429 e. The average Bonchev–Trinajstić information content (AvgIpc) is 3.23. The number of hydrogen-bond acceptors (Lipinski definition) is 6. The third kappa shape index (κ3) is 6.31. The summed E-state index contributed by atoms with van der Waals surface area (Å²) in [6.45, 7) is -0.424. The van der Waals surface area contributed by atoms with Crippen LogP contribution < -0.4 is 15.6 Å². The Morgan fingerprint density at radius 3 is 2.56 bits per heavy atom. The molecule has 2 aromatic rings. The van der Waals surface area contributed by atoms with E-state index in [0.717, 1.165) is 12.8 Å². The van der Waals surface area contributed by atoms with Gasteiger partial charge in [0.2, 0.25) is 5.95 Å². The molecule has 1 unspecified atom stereocenters. The van der Waals surface area contributed by atoms with Crippen LogP contribution in [0.1, 0.15) is 51.5 Å². The maximum Gasteiger partial charge on any atom is 0.390 e. The SMILES string of the molecule is C[C@H]1CCC[C@H]1n1c(=O)c(OC(F)F)cc2cnc(NC3CCN(S(=O)CCC(F)(F)F)CC3)nc21. The van der Waals surface area contributed by atoms with Crippen LogP contribution >= 0.6 is 0 Å². The molecule has 1 aliphatic heterocycles. The lowest BCUT2D eigenvalue weighted by Gasteiger charge is -2.31. The molecule has 1 N–H and O–H groups in total. The number of piperidine rings is 1. The molecule has 8 nitrogen and oxygen atoms in total. The summed E-state index contributed by atoms with van der Waals surface area (Å²) in [6.07, 6.45) is -0.429. The van der Waals surface area contributed by atoms with Crippen molar-refractivity contribution in [3.05, 3.63) is 22.6 Å². The first-order valence-corrected chi connectivity index (χ1v) is 13.1. The molecular formula is C22H28F5N5O3S. The number of nitrogens with one attached hydrogen (secondary N) is 1. The van der Waals surface area contributed by atoms with Crippen LogP contribution in [0.5, 0.6) is 5.75 Å². The first-order chi connectivity index (χ1) is 17.0. The van der Waals surface area contributed by atoms with Gasteiger partial charge in [0.25, 0.3) is 5.56 Å². The number of pyridine rings is 1. The van der Waals surface area contributed by atoms with Gasteiger partial charge in [-0.05, 0) is 37.7 Å². The molecule has 0 bridgehead atoms. The fourth-order valence-electron chi connectivity index (χ4n) is 4.88. The monoisotopic (exact) mass is 537 g/mol. The van der Waals surface area contributed by atoms with Crippen LogP contribution in [0.4, 0.5) is 27.9 Å². The Bertz CT molecular complexity index is 1150. The summed E-state index contributed by atoms with van der Waals surface area (Å²) in [4.78, 5) is 21.9. The van der Waals surface area contributed by atoms with Gasteiger partial charge >= 0.3 is 12.8 Å². The van der Waals surface area contributed by atoms with E-state index >= 15 is 0 Å². The molecule has 0 aromatic carbocycles. The number of aromatic nitrogens is 3. The van der Waals surface area contributed by atoms with E-state index in [1.165, 1.54) is 21.1 Å². The van der Waals surface area contributed by atoms with Crippen molar-refractivity contribution < 1.29 is 30.9 Å². The number of nitrogens with zero attached hydrogens (tertiary/aromatic N) is 4. The van der Waals surface area contributed by atoms with Crippen molar-refractivity contribution in [1.82, 2.24) is 18.8 Å². The highest BCUT2D eigenvalue weighted by atomic mass is 32.2. The van der Waals surface area contributed by atoms with Gasteiger partial charge in [-0.25, -0.2) is 13.5 Å². The minimum absolute atomic E-state index is 0.106. The molecular weight excluding hydrogens is 509 g/mol. The summed E-state index contributed by atoms with van der Waals surface area (Å²) < 4.78 is 82.7. The number of ether oxygens (including phenoxy) is 1. The quantitative estimate of drug-likeness (QED) is 0.507. The molecule has 200 valence electrons. The van der Waals surface area contributed by atoms with Gasteiger partial charge in [0.05, 0.1) is 17.4 Å². The number of anilines is 1. The largest absolute Gasteiger partial charge is 0.429 e. The lowest BCUT2D eigenvalue weighted by molar-refractivity contribution is -0.129. The Morgan fingerprint density at radius 2 is 1.94 bits per heavy atom. The first kappa shape index (κ1) is 26.7. The number of halogens is 5. The predicted molar refractivity (Wildman–Crippen MR) is 124 cm³/mol. The van der Waals surface area contributed by atoms with Gasteiger partial charge in [-0.15, -0.1) is 0 Å². The van der Waals surface area contributed by atoms with Gasteiger partial charge in [-0.3, -0.25) is 9.36 Å². The summed E-state index contributed by atoms with van der Waals surface area (Å²) in [6, 6.07) is 0.905. The van der Waals surface area contributed by atoms with Crippen molar-refractivity contribution in [3.8, 4) is 5.75 Å². The predicted octanol–water partition coefficient (Wildman–Crippen LogP) is 4.25. The summed E-state index contributed by atoms with van der Waals surface area (Å²) in [5, 5.41) is 3.58. The third-order valence-electron chi connectivity index (χ3n) is 6.74. The highest BCUT2D eigenvalue weighted by molar-refractivity contribution is 7.82. The molecule has 2 aromatic heterocycles. The van der Waals surface area contributed by atoms with Crippen molar-refractivity contribution in [2.24, 2.45) is 5.92 Å². The molecule has 2 fully saturated rings. The fourth-order valence-corrected chi connectivity index (χ4v) is 6.16. The third-order valence-corrected chi connectivity index (χ3v) is 8.23. The van der Waals surface area contributed by atoms with Crippen molar-refractivity contribution in [2.75, 3.05) is 24.2 Å². The lowest BCUT2D eigenvalue weighted by atomic mass is 10.1. The average molecular weight is 538 g/mol. The Morgan fingerprint density at radius 1 is 1.22 bits per heavy atom. The molecule has 0 spiro atoms. The van der Waals surface area contributed by atoms with E-state index < -0.39 is 47.3 Å². The van der Waals surface area contributed by atoms with Gasteiger partial charge in [0.15, 0.2) is 5.75 Å². The van der Waals surface area contributed by atoms with Crippen molar-refractivity contribution in [1.29, 1.82) is 0 Å². The van der Waals surface area contributed by atoms with Crippen LogP contribution in [-0.2, 0) is 11.0 Å². The van der Waals surface area contributed by atoms with Crippen molar-refractivity contribution in [2.45, 2.75) is 70.3 Å². The maximum absolute atomic E-state index is 13.1. The molecule has 2 aliphatic rings. The maximum atomic E-state index is 13.1. The van der Waals surface area contributed by atoms with Crippen LogP contribution in [0, 0.1) is 5.92 Å². The molecule has 3 atom stereocenters. The molecule has 3 heterocycles. The second-order valence-corrected chi connectivity index (χ2v) is 10.8. The highest BCUT2D eigenvalue weighted by Gasteiger charge is 2.31. The van der Waals surface area contributed by atoms with E-state index in [0.29, 0.717) is 43.4 Å².